The van der Waals surface area contributed by atoms with Crippen LogP contribution in [0.3, 0.4) is 0 Å². The summed E-state index contributed by atoms with van der Waals surface area (Å²) in [5.41, 5.74) is 11.4. The van der Waals surface area contributed by atoms with Gasteiger partial charge in [0.25, 0.3) is 0 Å². The van der Waals surface area contributed by atoms with Crippen LogP contribution in [0.1, 0.15) is 18.1 Å². The summed E-state index contributed by atoms with van der Waals surface area (Å²) in [5, 5.41) is 0. The number of benzene rings is 3. The Morgan fingerprint density at radius 2 is 1.52 bits per heavy atom. The van der Waals surface area contributed by atoms with Crippen molar-refractivity contribution >= 4 is 5.69 Å². The Labute approximate surface area is 137 Å². The van der Waals surface area contributed by atoms with Crippen LogP contribution in [0.2, 0.25) is 0 Å². The maximum atomic E-state index is 12.2. The molecule has 0 heterocycles. The average molecular weight is 307 g/mol. The van der Waals surface area contributed by atoms with Gasteiger partial charge in [-0.2, -0.15) is 0 Å². The lowest BCUT2D eigenvalue weighted by Gasteiger charge is -2.06. The average Bonchev–Trinajstić information content (AvgIpc) is 2.57. The molecule has 0 atom stereocenters. The predicted octanol–water partition coefficient (Wildman–Crippen LogP) is 5.63. The van der Waals surface area contributed by atoms with Gasteiger partial charge in [0.2, 0.25) is 0 Å². The van der Waals surface area contributed by atoms with Crippen molar-refractivity contribution < 1.29 is 4.39 Å². The van der Waals surface area contributed by atoms with E-state index in [1.807, 2.05) is 38.1 Å². The quantitative estimate of drug-likeness (QED) is 0.610. The largest absolute Gasteiger partial charge is 0.398 e. The van der Waals surface area contributed by atoms with Crippen LogP contribution in [0.5, 0.6) is 0 Å². The van der Waals surface area contributed by atoms with E-state index < -0.39 is 0 Å². The van der Waals surface area contributed by atoms with Crippen LogP contribution in [-0.4, -0.2) is 0 Å². The number of nitrogens with two attached hydrogens (primary N) is 1. The number of halogens is 1. The monoisotopic (exact) mass is 307 g/mol. The van der Waals surface area contributed by atoms with Gasteiger partial charge in [0.05, 0.1) is 0 Å². The molecule has 0 amide bonds. The highest BCUT2D eigenvalue weighted by atomic mass is 19.1. The zero-order chi connectivity index (χ0) is 16.7. The van der Waals surface area contributed by atoms with E-state index >= 15 is 0 Å². The first kappa shape index (κ1) is 16.8. The van der Waals surface area contributed by atoms with Crippen molar-refractivity contribution in [3.63, 3.8) is 0 Å². The summed E-state index contributed by atoms with van der Waals surface area (Å²) in [7, 11) is 0. The van der Waals surface area contributed by atoms with Crippen LogP contribution in [-0.2, 0) is 6.42 Å². The van der Waals surface area contributed by atoms with Crippen LogP contribution in [0, 0.1) is 12.7 Å². The molecule has 118 valence electrons. The summed E-state index contributed by atoms with van der Waals surface area (Å²) >= 11 is 0. The van der Waals surface area contributed by atoms with Crippen molar-refractivity contribution in [1.82, 2.24) is 0 Å². The van der Waals surface area contributed by atoms with Crippen molar-refractivity contribution in [2.24, 2.45) is 0 Å². The highest BCUT2D eigenvalue weighted by molar-refractivity contribution is 5.76. The third kappa shape index (κ3) is 4.96. The van der Waals surface area contributed by atoms with Gasteiger partial charge in [-0.3, -0.25) is 0 Å². The molecule has 0 spiro atoms. The third-order valence-corrected chi connectivity index (χ3v) is 3.61. The van der Waals surface area contributed by atoms with Gasteiger partial charge in [0.15, 0.2) is 0 Å². The molecule has 3 aromatic rings. The summed E-state index contributed by atoms with van der Waals surface area (Å²) in [5.74, 6) is -0.160. The highest BCUT2D eigenvalue weighted by Crippen LogP contribution is 2.25. The van der Waals surface area contributed by atoms with Gasteiger partial charge in [0, 0.05) is 11.3 Å². The Bertz CT molecular complexity index is 734. The summed E-state index contributed by atoms with van der Waals surface area (Å²) in [6.07, 6.45) is 0.972. The van der Waals surface area contributed by atoms with Crippen molar-refractivity contribution in [1.29, 1.82) is 0 Å². The minimum absolute atomic E-state index is 0.160. The zero-order valence-corrected chi connectivity index (χ0v) is 13.6. The first-order valence-electron chi connectivity index (χ1n) is 7.76. The van der Waals surface area contributed by atoms with E-state index in [4.69, 9.17) is 5.73 Å². The van der Waals surface area contributed by atoms with Crippen LogP contribution < -0.4 is 5.73 Å². The Morgan fingerprint density at radius 3 is 2.09 bits per heavy atom. The van der Waals surface area contributed by atoms with Crippen LogP contribution >= 0.6 is 0 Å². The zero-order valence-electron chi connectivity index (χ0n) is 13.6. The summed E-state index contributed by atoms with van der Waals surface area (Å²) in [6.45, 7) is 4.10. The molecule has 1 nitrogen and oxygen atoms in total. The van der Waals surface area contributed by atoms with E-state index in [1.54, 1.807) is 12.1 Å². The molecule has 3 rings (SSSR count). The number of rotatable bonds is 2. The molecular formula is C21H22FN. The molecule has 0 aromatic heterocycles. The molecular weight excluding hydrogens is 285 g/mol. The molecule has 0 aliphatic carbocycles. The number of nitrogen functional groups attached to an aromatic ring is 1. The SMILES string of the molecule is CCc1ccc(F)cc1.Cc1ccc(-c2ccccc2)c(N)c1. The first-order chi connectivity index (χ1) is 11.1. The molecule has 23 heavy (non-hydrogen) atoms. The maximum Gasteiger partial charge on any atom is 0.123 e. The second kappa shape index (κ2) is 8.14. The first-order valence-corrected chi connectivity index (χ1v) is 7.76. The molecule has 0 fully saturated rings. The van der Waals surface area contributed by atoms with Gasteiger partial charge in [-0.05, 0) is 48.2 Å². The Kier molecular flexibility index (Phi) is 5.93. The molecule has 0 aliphatic heterocycles. The topological polar surface area (TPSA) is 26.0 Å². The van der Waals surface area contributed by atoms with E-state index in [9.17, 15) is 4.39 Å². The van der Waals surface area contributed by atoms with Gasteiger partial charge in [-0.1, -0.05) is 61.5 Å². The molecule has 0 bridgehead atoms. The van der Waals surface area contributed by atoms with Crippen molar-refractivity contribution in [2.45, 2.75) is 20.3 Å². The lowest BCUT2D eigenvalue weighted by Crippen LogP contribution is -1.90. The minimum Gasteiger partial charge on any atom is -0.398 e. The van der Waals surface area contributed by atoms with Crippen LogP contribution in [0.4, 0.5) is 10.1 Å². The maximum absolute atomic E-state index is 12.2. The Morgan fingerprint density at radius 1 is 0.870 bits per heavy atom. The smallest absolute Gasteiger partial charge is 0.123 e. The third-order valence-electron chi connectivity index (χ3n) is 3.61. The van der Waals surface area contributed by atoms with Crippen LogP contribution in [0.15, 0.2) is 72.8 Å². The Hall–Kier alpha value is -2.61. The fraction of sp³-hybridized carbons (Fsp3) is 0.143. The number of anilines is 1. The fourth-order valence-corrected chi connectivity index (χ4v) is 2.28. The highest BCUT2D eigenvalue weighted by Gasteiger charge is 2.00. The van der Waals surface area contributed by atoms with Crippen molar-refractivity contribution in [3.8, 4) is 11.1 Å². The molecule has 0 aliphatic rings. The van der Waals surface area contributed by atoms with Crippen molar-refractivity contribution in [2.75, 3.05) is 5.73 Å². The predicted molar refractivity (Wildman–Crippen MR) is 96.8 cm³/mol. The van der Waals surface area contributed by atoms with Crippen molar-refractivity contribution in [3.05, 3.63) is 89.7 Å². The van der Waals surface area contributed by atoms with E-state index in [1.165, 1.54) is 28.8 Å². The van der Waals surface area contributed by atoms with Gasteiger partial charge in [-0.15, -0.1) is 0 Å². The Balaban J connectivity index is 0.000000185. The lowest BCUT2D eigenvalue weighted by atomic mass is 10.0. The summed E-state index contributed by atoms with van der Waals surface area (Å²) < 4.78 is 12.2. The number of aryl methyl sites for hydroxylation is 2. The summed E-state index contributed by atoms with van der Waals surface area (Å²) in [4.78, 5) is 0. The van der Waals surface area contributed by atoms with E-state index in [0.29, 0.717) is 0 Å². The molecule has 3 aromatic carbocycles. The van der Waals surface area contributed by atoms with E-state index in [2.05, 4.69) is 24.3 Å². The van der Waals surface area contributed by atoms with Crippen LogP contribution in [0.25, 0.3) is 11.1 Å². The van der Waals surface area contributed by atoms with Gasteiger partial charge in [-0.25, -0.2) is 4.39 Å². The number of hydrogen-bond donors (Lipinski definition) is 1. The second-order valence-corrected chi connectivity index (χ2v) is 5.44. The molecule has 0 unspecified atom stereocenters. The van der Waals surface area contributed by atoms with Gasteiger partial charge >= 0.3 is 0 Å². The summed E-state index contributed by atoms with van der Waals surface area (Å²) in [6, 6.07) is 22.9. The molecule has 0 radical (unpaired) electrons. The fourth-order valence-electron chi connectivity index (χ4n) is 2.28. The normalized spacial score (nSPS) is 9.87. The minimum atomic E-state index is -0.160. The van der Waals surface area contributed by atoms with Gasteiger partial charge < -0.3 is 5.73 Å². The molecule has 2 N–H and O–H groups in total. The van der Waals surface area contributed by atoms with E-state index in [-0.39, 0.29) is 5.82 Å². The standard InChI is InChI=1S/C13H13N.C8H9F/c1-10-7-8-12(13(14)9-10)11-5-3-2-4-6-11;1-2-7-3-5-8(9)6-4-7/h2-9H,14H2,1H3;3-6H,2H2,1H3. The molecule has 0 saturated carbocycles. The molecule has 0 saturated heterocycles. The van der Waals surface area contributed by atoms with Gasteiger partial charge in [0.1, 0.15) is 5.82 Å². The second-order valence-electron chi connectivity index (χ2n) is 5.44. The molecule has 2 heteroatoms. The lowest BCUT2D eigenvalue weighted by molar-refractivity contribution is 0.627. The number of hydrogen-bond acceptors (Lipinski definition) is 1. The van der Waals surface area contributed by atoms with E-state index in [0.717, 1.165) is 17.7 Å².